The summed E-state index contributed by atoms with van der Waals surface area (Å²) in [5.41, 5.74) is 0. The van der Waals surface area contributed by atoms with Crippen LogP contribution in [0.15, 0.2) is 5.16 Å². The van der Waals surface area contributed by atoms with Gasteiger partial charge < -0.3 is 15.0 Å². The third-order valence-electron chi connectivity index (χ3n) is 5.92. The van der Waals surface area contributed by atoms with Crippen LogP contribution in [0.5, 0.6) is 0 Å². The van der Waals surface area contributed by atoms with Crippen molar-refractivity contribution in [1.82, 2.24) is 20.1 Å². The molecule has 2 aliphatic rings. The van der Waals surface area contributed by atoms with Crippen molar-refractivity contribution in [3.8, 4) is 0 Å². The average molecular weight is 410 g/mol. The van der Waals surface area contributed by atoms with Gasteiger partial charge in [0.2, 0.25) is 11.9 Å². The van der Waals surface area contributed by atoms with E-state index in [4.69, 9.17) is 4.74 Å². The number of ether oxygens (including phenoxy) is 1. The maximum absolute atomic E-state index is 12.6. The maximum Gasteiger partial charge on any atom is 0.230 e. The lowest BCUT2D eigenvalue weighted by Crippen LogP contribution is -2.44. The van der Waals surface area contributed by atoms with Gasteiger partial charge in [-0.25, -0.2) is 0 Å². The minimum Gasteiger partial charge on any atom is -0.378 e. The van der Waals surface area contributed by atoms with E-state index in [2.05, 4.69) is 52.7 Å². The van der Waals surface area contributed by atoms with Crippen LogP contribution in [0, 0.1) is 17.8 Å². The summed E-state index contributed by atoms with van der Waals surface area (Å²) < 4.78 is 7.62. The Morgan fingerprint density at radius 3 is 2.71 bits per heavy atom. The van der Waals surface area contributed by atoms with E-state index in [9.17, 15) is 4.79 Å². The number of aromatic nitrogens is 3. The third-order valence-corrected chi connectivity index (χ3v) is 6.89. The van der Waals surface area contributed by atoms with E-state index in [0.29, 0.717) is 29.5 Å². The van der Waals surface area contributed by atoms with Gasteiger partial charge in [-0.2, -0.15) is 0 Å². The highest BCUT2D eigenvalue weighted by atomic mass is 32.2. The summed E-state index contributed by atoms with van der Waals surface area (Å²) in [5, 5.41) is 12.9. The van der Waals surface area contributed by atoms with Crippen LogP contribution in [0.4, 0.5) is 5.95 Å². The molecule has 1 aliphatic carbocycles. The van der Waals surface area contributed by atoms with Gasteiger partial charge in [0, 0.05) is 25.7 Å². The molecule has 3 unspecified atom stereocenters. The van der Waals surface area contributed by atoms with Crippen LogP contribution < -0.4 is 10.2 Å². The molecular formula is C20H35N5O2S. The Bertz CT molecular complexity index is 645. The second-order valence-electron chi connectivity index (χ2n) is 8.62. The average Bonchev–Trinajstić information content (AvgIpc) is 3.06. The summed E-state index contributed by atoms with van der Waals surface area (Å²) in [6.07, 6.45) is 3.56. The largest absolute Gasteiger partial charge is 0.378 e. The molecule has 2 heterocycles. The number of thioether (sulfide) groups is 1. The van der Waals surface area contributed by atoms with Gasteiger partial charge in [0.1, 0.15) is 0 Å². The molecule has 1 aromatic rings. The van der Waals surface area contributed by atoms with Gasteiger partial charge >= 0.3 is 0 Å². The predicted octanol–water partition coefficient (Wildman–Crippen LogP) is 2.80. The zero-order valence-electron chi connectivity index (χ0n) is 17.7. The third kappa shape index (κ3) is 5.41. The molecule has 28 heavy (non-hydrogen) atoms. The van der Waals surface area contributed by atoms with Crippen molar-refractivity contribution >= 4 is 23.6 Å². The van der Waals surface area contributed by atoms with Crippen molar-refractivity contribution < 1.29 is 9.53 Å². The fourth-order valence-electron chi connectivity index (χ4n) is 4.07. The first-order valence-corrected chi connectivity index (χ1v) is 11.6. The highest BCUT2D eigenvalue weighted by Gasteiger charge is 2.28. The van der Waals surface area contributed by atoms with Crippen LogP contribution >= 0.6 is 11.8 Å². The van der Waals surface area contributed by atoms with Crippen molar-refractivity contribution in [1.29, 1.82) is 0 Å². The Labute approximate surface area is 173 Å². The van der Waals surface area contributed by atoms with Crippen LogP contribution in [0.3, 0.4) is 0 Å². The minimum absolute atomic E-state index is 0.1000. The number of hydrogen-bond donors (Lipinski definition) is 1. The van der Waals surface area contributed by atoms with Crippen molar-refractivity contribution in [3.05, 3.63) is 0 Å². The number of anilines is 1. The standard InChI is InChI=1S/C20H35N5O2S/c1-14(2)12-25-19(24-8-10-27-11-9-24)22-23-20(25)28-13-18(26)21-17-7-5-6-15(3)16(17)4/h14-17H,5-13H2,1-4H3,(H,21,26). The molecule has 8 heteroatoms. The van der Waals surface area contributed by atoms with E-state index in [1.165, 1.54) is 24.6 Å². The molecule has 3 rings (SSSR count). The Balaban J connectivity index is 1.61. The molecule has 3 atom stereocenters. The molecule has 1 aliphatic heterocycles. The second-order valence-corrected chi connectivity index (χ2v) is 9.56. The maximum atomic E-state index is 12.6. The summed E-state index contributed by atoms with van der Waals surface area (Å²) in [7, 11) is 0. The van der Waals surface area contributed by atoms with Gasteiger partial charge in [0.05, 0.1) is 19.0 Å². The number of amides is 1. The summed E-state index contributed by atoms with van der Waals surface area (Å²) in [5.74, 6) is 3.08. The van der Waals surface area contributed by atoms with E-state index < -0.39 is 0 Å². The first kappa shape index (κ1) is 21.4. The van der Waals surface area contributed by atoms with Crippen LogP contribution in [0.1, 0.15) is 47.0 Å². The van der Waals surface area contributed by atoms with Gasteiger partial charge in [0.15, 0.2) is 5.16 Å². The molecule has 7 nitrogen and oxygen atoms in total. The smallest absolute Gasteiger partial charge is 0.230 e. The summed E-state index contributed by atoms with van der Waals surface area (Å²) >= 11 is 1.49. The van der Waals surface area contributed by atoms with E-state index >= 15 is 0 Å². The molecule has 0 bridgehead atoms. The minimum atomic E-state index is 0.1000. The quantitative estimate of drug-likeness (QED) is 0.698. The van der Waals surface area contributed by atoms with Crippen molar-refractivity contribution in [3.63, 3.8) is 0 Å². The molecule has 1 saturated carbocycles. The monoisotopic (exact) mass is 409 g/mol. The molecule has 1 saturated heterocycles. The lowest BCUT2D eigenvalue weighted by Gasteiger charge is -2.34. The van der Waals surface area contributed by atoms with Gasteiger partial charge in [-0.05, 0) is 24.2 Å². The molecular weight excluding hydrogens is 374 g/mol. The molecule has 1 amide bonds. The summed E-state index contributed by atoms with van der Waals surface area (Å²) in [6, 6.07) is 0.300. The van der Waals surface area contributed by atoms with Gasteiger partial charge in [-0.1, -0.05) is 52.3 Å². The molecule has 1 N–H and O–H groups in total. The van der Waals surface area contributed by atoms with E-state index in [1.807, 2.05) is 0 Å². The Hall–Kier alpha value is -1.28. The SMILES string of the molecule is CC(C)Cn1c(SCC(=O)NC2CCCC(C)C2C)nnc1N1CCOCC1. The van der Waals surface area contributed by atoms with Crippen LogP contribution in [-0.4, -0.2) is 58.8 Å². The number of carbonyl (C=O) groups is 1. The van der Waals surface area contributed by atoms with Crippen LogP contribution in [0.2, 0.25) is 0 Å². The first-order chi connectivity index (χ1) is 13.5. The molecule has 0 spiro atoms. The molecule has 158 valence electrons. The lowest BCUT2D eigenvalue weighted by atomic mass is 9.78. The summed E-state index contributed by atoms with van der Waals surface area (Å²) in [4.78, 5) is 14.8. The topological polar surface area (TPSA) is 72.3 Å². The van der Waals surface area contributed by atoms with Crippen molar-refractivity contribution in [2.24, 2.45) is 17.8 Å². The number of carbonyl (C=O) groups excluding carboxylic acids is 1. The second kappa shape index (κ2) is 9.96. The number of nitrogens with one attached hydrogen (secondary N) is 1. The van der Waals surface area contributed by atoms with E-state index in [-0.39, 0.29) is 5.91 Å². The predicted molar refractivity (Wildman–Crippen MR) is 113 cm³/mol. The Morgan fingerprint density at radius 1 is 1.25 bits per heavy atom. The van der Waals surface area contributed by atoms with Crippen LogP contribution in [0.25, 0.3) is 0 Å². The number of hydrogen-bond acceptors (Lipinski definition) is 6. The fraction of sp³-hybridized carbons (Fsp3) is 0.850. The zero-order chi connectivity index (χ0) is 20.1. The van der Waals surface area contributed by atoms with Gasteiger partial charge in [0.25, 0.3) is 0 Å². The lowest BCUT2D eigenvalue weighted by molar-refractivity contribution is -0.120. The first-order valence-electron chi connectivity index (χ1n) is 10.6. The van der Waals surface area contributed by atoms with Gasteiger partial charge in [-0.3, -0.25) is 9.36 Å². The Kier molecular flexibility index (Phi) is 7.62. The highest BCUT2D eigenvalue weighted by Crippen LogP contribution is 2.30. The Morgan fingerprint density at radius 2 is 2.00 bits per heavy atom. The number of nitrogens with zero attached hydrogens (tertiary/aromatic N) is 4. The highest BCUT2D eigenvalue weighted by molar-refractivity contribution is 7.99. The molecule has 1 aromatic heterocycles. The fourth-order valence-corrected chi connectivity index (χ4v) is 4.83. The molecule has 2 fully saturated rings. The normalized spacial score (nSPS) is 25.9. The van der Waals surface area contributed by atoms with E-state index in [1.54, 1.807) is 0 Å². The zero-order valence-corrected chi connectivity index (χ0v) is 18.5. The number of morpholine rings is 1. The van der Waals surface area contributed by atoms with Crippen molar-refractivity contribution in [2.75, 3.05) is 37.0 Å². The van der Waals surface area contributed by atoms with E-state index in [0.717, 1.165) is 50.4 Å². The number of rotatable bonds is 7. The van der Waals surface area contributed by atoms with Gasteiger partial charge in [-0.15, -0.1) is 10.2 Å². The molecule has 0 radical (unpaired) electrons. The van der Waals surface area contributed by atoms with Crippen LogP contribution in [-0.2, 0) is 16.1 Å². The molecule has 0 aromatic carbocycles. The summed E-state index contributed by atoms with van der Waals surface area (Å²) in [6.45, 7) is 12.9. The van der Waals surface area contributed by atoms with Crippen molar-refractivity contribution in [2.45, 2.75) is 64.7 Å².